The Labute approximate surface area is 239 Å². The van der Waals surface area contributed by atoms with Crippen molar-refractivity contribution >= 4 is 17.2 Å². The van der Waals surface area contributed by atoms with Gasteiger partial charge in [-0.15, -0.1) is 0 Å². The van der Waals surface area contributed by atoms with Crippen LogP contribution < -0.4 is 10.4 Å². The zero-order valence-corrected chi connectivity index (χ0v) is 24.3. The molecule has 0 radical (unpaired) electrons. The van der Waals surface area contributed by atoms with Crippen molar-refractivity contribution in [3.8, 4) is 0 Å². The molecule has 0 heteroatoms. The van der Waals surface area contributed by atoms with Gasteiger partial charge in [-0.2, -0.15) is 0 Å². The molecule has 0 saturated heterocycles. The van der Waals surface area contributed by atoms with Gasteiger partial charge in [0.25, 0.3) is 0 Å². The zero-order chi connectivity index (χ0) is 27.5. The third-order valence-corrected chi connectivity index (χ3v) is 8.50. The Morgan fingerprint density at radius 3 is 1.85 bits per heavy atom. The van der Waals surface area contributed by atoms with Crippen molar-refractivity contribution in [2.75, 3.05) is 0 Å². The van der Waals surface area contributed by atoms with Crippen molar-refractivity contribution in [3.63, 3.8) is 0 Å². The first kappa shape index (κ1) is 26.3. The molecule has 0 heterocycles. The predicted octanol–water partition coefficient (Wildman–Crippen LogP) is 8.56. The van der Waals surface area contributed by atoms with E-state index >= 15 is 0 Å². The summed E-state index contributed by atoms with van der Waals surface area (Å²) in [6, 6.07) is 28.9. The molecule has 200 valence electrons. The molecule has 40 heavy (non-hydrogen) atoms. The van der Waals surface area contributed by atoms with Gasteiger partial charge in [0.05, 0.1) is 0 Å². The SMILES string of the molecule is CCCc1c(CCC)c(CCC)c2c(c1C1=CC=CC1)=Cc1cccc(=C(c3ccccc3)c3ccccc3)c1=2. The number of rotatable bonds is 9. The lowest BCUT2D eigenvalue weighted by molar-refractivity contribution is 0.816. The Bertz CT molecular complexity index is 1780. The minimum atomic E-state index is 1.03. The fourth-order valence-corrected chi connectivity index (χ4v) is 6.99. The van der Waals surface area contributed by atoms with E-state index in [0.29, 0.717) is 0 Å². The first-order valence-electron chi connectivity index (χ1n) is 15.3. The average Bonchev–Trinajstić information content (AvgIpc) is 3.65. The molecule has 6 rings (SSSR count). The van der Waals surface area contributed by atoms with E-state index in [1.807, 2.05) is 0 Å². The lowest BCUT2D eigenvalue weighted by Gasteiger charge is -2.21. The van der Waals surface area contributed by atoms with E-state index < -0.39 is 0 Å². The van der Waals surface area contributed by atoms with Crippen LogP contribution in [0.1, 0.15) is 85.4 Å². The molecule has 2 aliphatic rings. The highest BCUT2D eigenvalue weighted by molar-refractivity contribution is 5.82. The molecule has 0 spiro atoms. The second kappa shape index (κ2) is 11.7. The third-order valence-electron chi connectivity index (χ3n) is 8.50. The summed E-state index contributed by atoms with van der Waals surface area (Å²) in [7, 11) is 0. The molecule has 0 amide bonds. The second-order valence-corrected chi connectivity index (χ2v) is 11.2. The lowest BCUT2D eigenvalue weighted by atomic mass is 9.83. The molecule has 0 nitrogen and oxygen atoms in total. The molecule has 0 atom stereocenters. The number of benzene rings is 4. The summed E-state index contributed by atoms with van der Waals surface area (Å²) in [6.07, 6.45) is 17.4. The molecular weight excluding hydrogens is 480 g/mol. The van der Waals surface area contributed by atoms with Crippen molar-refractivity contribution in [3.05, 3.63) is 157 Å². The molecule has 4 aromatic carbocycles. The van der Waals surface area contributed by atoms with Gasteiger partial charge in [0.1, 0.15) is 0 Å². The minimum Gasteiger partial charge on any atom is -0.0801 e. The topological polar surface area (TPSA) is 0 Å². The molecular formula is C40H40. The molecule has 0 unspecified atom stereocenters. The van der Waals surface area contributed by atoms with Crippen LogP contribution in [-0.2, 0) is 19.3 Å². The van der Waals surface area contributed by atoms with Crippen LogP contribution in [0.5, 0.6) is 0 Å². The van der Waals surface area contributed by atoms with Crippen LogP contribution in [0, 0.1) is 10.4 Å². The first-order valence-corrected chi connectivity index (χ1v) is 15.3. The van der Waals surface area contributed by atoms with E-state index in [1.165, 1.54) is 67.1 Å². The minimum absolute atomic E-state index is 1.03. The summed E-state index contributed by atoms with van der Waals surface area (Å²) in [4.78, 5) is 0. The quantitative estimate of drug-likeness (QED) is 0.183. The standard InChI is InChI=1S/C40H40/c1-4-16-32-33(17-5-2)38(30-23-13-14-24-30)36-27-31-25-15-26-35(39(31)40(36)34(32)18-6-3)37(28-19-9-7-10-20-28)29-21-11-8-12-22-29/h7-15,19-23,25-27H,4-6,16-18,24H2,1-3H3. The summed E-state index contributed by atoms with van der Waals surface area (Å²) < 4.78 is 0. The molecule has 4 aromatic rings. The summed E-state index contributed by atoms with van der Waals surface area (Å²) in [6.45, 7) is 7.03. The van der Waals surface area contributed by atoms with Gasteiger partial charge in [0.15, 0.2) is 0 Å². The smallest absolute Gasteiger partial charge is 0.00231 e. The van der Waals surface area contributed by atoms with Crippen LogP contribution in [0.4, 0.5) is 0 Å². The van der Waals surface area contributed by atoms with E-state index in [2.05, 4.69) is 124 Å². The maximum absolute atomic E-state index is 2.52. The Kier molecular flexibility index (Phi) is 7.69. The summed E-state index contributed by atoms with van der Waals surface area (Å²) in [5, 5.41) is 5.74. The molecule has 0 fully saturated rings. The Morgan fingerprint density at radius 1 is 0.625 bits per heavy atom. The van der Waals surface area contributed by atoms with Crippen molar-refractivity contribution in [1.29, 1.82) is 0 Å². The number of hydrogen-bond acceptors (Lipinski definition) is 0. The fourth-order valence-electron chi connectivity index (χ4n) is 6.99. The molecule has 2 aliphatic carbocycles. The lowest BCUT2D eigenvalue weighted by Crippen LogP contribution is -2.20. The normalized spacial score (nSPS) is 13.1. The van der Waals surface area contributed by atoms with Gasteiger partial charge in [0, 0.05) is 0 Å². The van der Waals surface area contributed by atoms with Crippen LogP contribution in [0.15, 0.2) is 97.1 Å². The molecule has 0 N–H and O–H groups in total. The highest BCUT2D eigenvalue weighted by atomic mass is 14.3. The van der Waals surface area contributed by atoms with Crippen LogP contribution in [0.25, 0.3) is 17.2 Å². The highest BCUT2D eigenvalue weighted by Crippen LogP contribution is 2.32. The zero-order valence-electron chi connectivity index (χ0n) is 24.3. The van der Waals surface area contributed by atoms with E-state index in [9.17, 15) is 0 Å². The molecule has 0 aromatic heterocycles. The third kappa shape index (κ3) is 4.60. The Balaban J connectivity index is 1.89. The molecule has 0 aliphatic heterocycles. The average molecular weight is 521 g/mol. The fraction of sp³-hybridized carbons (Fsp3) is 0.250. The number of hydrogen-bond donors (Lipinski definition) is 0. The van der Waals surface area contributed by atoms with E-state index in [4.69, 9.17) is 0 Å². The summed E-state index contributed by atoms with van der Waals surface area (Å²) in [5.41, 5.74) is 13.1. The Morgan fingerprint density at radius 2 is 1.25 bits per heavy atom. The van der Waals surface area contributed by atoms with Crippen LogP contribution in [-0.4, -0.2) is 0 Å². The maximum Gasteiger partial charge on any atom is -0.00231 e. The maximum atomic E-state index is 2.52. The van der Waals surface area contributed by atoms with Crippen molar-refractivity contribution in [1.82, 2.24) is 0 Å². The summed E-state index contributed by atoms with van der Waals surface area (Å²) >= 11 is 0. The van der Waals surface area contributed by atoms with Gasteiger partial charge < -0.3 is 0 Å². The highest BCUT2D eigenvalue weighted by Gasteiger charge is 2.23. The number of allylic oxidation sites excluding steroid dienone is 4. The van der Waals surface area contributed by atoms with E-state index in [1.54, 1.807) is 16.7 Å². The van der Waals surface area contributed by atoms with Crippen LogP contribution in [0.2, 0.25) is 0 Å². The number of fused-ring (bicyclic) bond motifs is 2. The van der Waals surface area contributed by atoms with Crippen molar-refractivity contribution in [2.45, 2.75) is 65.7 Å². The van der Waals surface area contributed by atoms with Crippen molar-refractivity contribution < 1.29 is 0 Å². The summed E-state index contributed by atoms with van der Waals surface area (Å²) in [5.74, 6) is 0. The van der Waals surface area contributed by atoms with Gasteiger partial charge in [-0.25, -0.2) is 0 Å². The molecule has 0 saturated carbocycles. The first-order chi connectivity index (χ1) is 19.8. The van der Waals surface area contributed by atoms with Crippen LogP contribution >= 0.6 is 0 Å². The Hall–Kier alpha value is -3.90. The van der Waals surface area contributed by atoms with E-state index in [-0.39, 0.29) is 0 Å². The second-order valence-electron chi connectivity index (χ2n) is 11.2. The van der Waals surface area contributed by atoms with Gasteiger partial charge in [-0.05, 0) is 103 Å². The molecule has 0 bridgehead atoms. The van der Waals surface area contributed by atoms with E-state index in [0.717, 1.165) is 32.1 Å². The van der Waals surface area contributed by atoms with Gasteiger partial charge in [0.2, 0.25) is 0 Å². The van der Waals surface area contributed by atoms with Gasteiger partial charge in [-0.1, -0.05) is 137 Å². The largest absolute Gasteiger partial charge is 0.0801 e. The van der Waals surface area contributed by atoms with Gasteiger partial charge in [-0.3, -0.25) is 0 Å². The van der Waals surface area contributed by atoms with Crippen molar-refractivity contribution in [2.24, 2.45) is 0 Å². The van der Waals surface area contributed by atoms with Crippen LogP contribution in [0.3, 0.4) is 0 Å². The monoisotopic (exact) mass is 520 g/mol. The van der Waals surface area contributed by atoms with Gasteiger partial charge >= 0.3 is 0 Å². The predicted molar refractivity (Wildman–Crippen MR) is 172 cm³/mol.